The van der Waals surface area contributed by atoms with E-state index in [-0.39, 0.29) is 57.9 Å². The quantitative estimate of drug-likeness (QED) is 0.408. The van der Waals surface area contributed by atoms with E-state index in [0.717, 1.165) is 22.6 Å². The third-order valence-electron chi connectivity index (χ3n) is 4.53. The molecule has 0 saturated carbocycles. The van der Waals surface area contributed by atoms with Crippen LogP contribution in [-0.2, 0) is 44.4 Å². The van der Waals surface area contributed by atoms with Crippen molar-refractivity contribution in [2.75, 3.05) is 26.4 Å². The van der Waals surface area contributed by atoms with Gasteiger partial charge in [-0.1, -0.05) is 0 Å². The second kappa shape index (κ2) is 12.6. The van der Waals surface area contributed by atoms with Gasteiger partial charge in [0.1, 0.15) is 0 Å². The maximum atomic E-state index is 11.1. The summed E-state index contributed by atoms with van der Waals surface area (Å²) in [5.74, 6) is 1.44. The molecule has 6 nitrogen and oxygen atoms in total. The van der Waals surface area contributed by atoms with Crippen LogP contribution < -0.4 is 9.47 Å². The van der Waals surface area contributed by atoms with Gasteiger partial charge in [0.2, 0.25) is 0 Å². The molecule has 0 saturated heterocycles. The van der Waals surface area contributed by atoms with Gasteiger partial charge in [-0.15, -0.1) is 0 Å². The zero-order chi connectivity index (χ0) is 22.7. The van der Waals surface area contributed by atoms with Crippen LogP contribution >= 0.6 is 0 Å². The van der Waals surface area contributed by atoms with Crippen molar-refractivity contribution in [3.8, 4) is 11.5 Å². The summed E-state index contributed by atoms with van der Waals surface area (Å²) >= 11 is -0.779. The molecule has 0 bridgehead atoms. The summed E-state index contributed by atoms with van der Waals surface area (Å²) in [6.07, 6.45) is 0. The first-order valence-electron chi connectivity index (χ1n) is 9.51. The van der Waals surface area contributed by atoms with Crippen molar-refractivity contribution in [3.63, 3.8) is 0 Å². The predicted molar refractivity (Wildman–Crippen MR) is 113 cm³/mol. The van der Waals surface area contributed by atoms with E-state index < -0.39 is 0 Å². The van der Waals surface area contributed by atoms with Crippen LogP contribution in [0, 0.1) is 0 Å². The molecule has 2 rings (SSSR count). The van der Waals surface area contributed by atoms with Gasteiger partial charge in [-0.25, -0.2) is 0 Å². The number of rotatable bonds is 12. The number of carbonyl (C=O) groups excluding carboxylic acids is 2. The topological polar surface area (TPSA) is 71.1 Å². The Bertz CT molecular complexity index is 818. The van der Waals surface area contributed by atoms with E-state index >= 15 is 0 Å². The second-order valence-electron chi connectivity index (χ2n) is 6.86. The zero-order valence-electron chi connectivity index (χ0n) is 17.6. The van der Waals surface area contributed by atoms with Gasteiger partial charge in [-0.05, 0) is 0 Å². The van der Waals surface area contributed by atoms with E-state index in [1.54, 1.807) is 0 Å². The van der Waals surface area contributed by atoms with Crippen molar-refractivity contribution in [2.24, 2.45) is 0 Å². The fraction of sp³-hybridized carbons (Fsp3) is 0.304. The van der Waals surface area contributed by atoms with Gasteiger partial charge in [0.15, 0.2) is 0 Å². The van der Waals surface area contributed by atoms with Crippen molar-refractivity contribution >= 4 is 20.4 Å². The number of carbonyl (C=O) groups is 2. The van der Waals surface area contributed by atoms with Gasteiger partial charge in [0, 0.05) is 0 Å². The molecular weight excluding hydrogens is 476 g/mol. The maximum absolute atomic E-state index is 11.1. The van der Waals surface area contributed by atoms with E-state index in [1.165, 1.54) is 0 Å². The fourth-order valence-corrected chi connectivity index (χ4v) is 3.28. The average molecular weight is 502 g/mol. The summed E-state index contributed by atoms with van der Waals surface area (Å²) in [4.78, 5) is 21.6. The van der Waals surface area contributed by atoms with Crippen molar-refractivity contribution in [3.05, 3.63) is 59.7 Å². The number of ether oxygens (including phenoxy) is 4. The first kappa shape index (κ1) is 25.0. The molecule has 0 atom stereocenters. The average Bonchev–Trinajstić information content (AvgIpc) is 2.79. The van der Waals surface area contributed by atoms with Crippen LogP contribution in [0.5, 0.6) is 11.5 Å². The summed E-state index contributed by atoms with van der Waals surface area (Å²) in [6, 6.07) is 15.8. The Hall–Kier alpha value is -2.22. The van der Waals surface area contributed by atoms with E-state index in [1.807, 2.05) is 48.5 Å². The van der Waals surface area contributed by atoms with Gasteiger partial charge in [0.05, 0.1) is 0 Å². The Morgan fingerprint density at radius 3 is 1.39 bits per heavy atom. The monoisotopic (exact) mass is 502 g/mol. The third-order valence-corrected chi connectivity index (χ3v) is 5.64. The van der Waals surface area contributed by atoms with Crippen molar-refractivity contribution in [2.45, 2.75) is 19.3 Å². The molecule has 0 spiro atoms. The zero-order valence-corrected chi connectivity index (χ0v) is 20.2. The second-order valence-corrected chi connectivity index (χ2v) is 8.80. The van der Waals surface area contributed by atoms with Gasteiger partial charge < -0.3 is 0 Å². The molecule has 0 aliphatic rings. The van der Waals surface area contributed by atoms with Gasteiger partial charge in [-0.3, -0.25) is 0 Å². The Morgan fingerprint density at radius 1 is 0.710 bits per heavy atom. The first-order valence-corrected chi connectivity index (χ1v) is 12.6. The third kappa shape index (κ3) is 8.09. The molecule has 0 N–H and O–H groups in total. The van der Waals surface area contributed by atoms with Crippen LogP contribution in [-0.4, -0.2) is 46.9 Å². The van der Waals surface area contributed by atoms with E-state index in [2.05, 4.69) is 24.6 Å². The summed E-state index contributed by atoms with van der Waals surface area (Å²) < 4.78 is 21.2. The van der Waals surface area contributed by atoms with E-state index in [0.29, 0.717) is 13.2 Å². The van der Waals surface area contributed by atoms with Crippen molar-refractivity contribution in [1.82, 2.24) is 0 Å². The van der Waals surface area contributed by atoms with Gasteiger partial charge >= 0.3 is 195 Å². The Labute approximate surface area is 195 Å². The number of hydrogen-bond acceptors (Lipinski definition) is 6. The van der Waals surface area contributed by atoms with Crippen molar-refractivity contribution < 1.29 is 58.1 Å². The van der Waals surface area contributed by atoms with E-state index in [4.69, 9.17) is 18.9 Å². The minimum atomic E-state index is -0.389. The molecule has 0 aliphatic carbocycles. The number of hydrogen-bond donors (Lipinski definition) is 0. The van der Waals surface area contributed by atoms with Crippen LogP contribution in [0.1, 0.15) is 25.0 Å². The molecule has 166 valence electrons. The molecule has 0 fully saturated rings. The van der Waals surface area contributed by atoms with Crippen LogP contribution in [0.15, 0.2) is 48.5 Å². The molecule has 0 radical (unpaired) electrons. The van der Waals surface area contributed by atoms with Gasteiger partial charge in [0.25, 0.3) is 0 Å². The molecule has 0 unspecified atom stereocenters. The van der Waals surface area contributed by atoms with Gasteiger partial charge in [-0.2, -0.15) is 0 Å². The number of benzene rings is 2. The summed E-state index contributed by atoms with van der Waals surface area (Å²) in [5.41, 5.74) is 2.07. The molecule has 0 heterocycles. The molecule has 2 aromatic carbocycles. The molecule has 0 aliphatic heterocycles. The standard InChI is InChI=1S/C21H22O6.2CH2.2Cr/c1-21(2,17-3-7-19(8-4-17)26-13-11-24-15-22)18-5-9-20(10-6-18)27-14-12-25-16-23;;;;/h3-10H,11-14H2,1-2H3;2*1H2;;. The summed E-state index contributed by atoms with van der Waals surface area (Å²) in [5, 5.41) is 7.07. The molecule has 31 heavy (non-hydrogen) atoms. The Balaban J connectivity index is 1.90. The normalized spacial score (nSPS) is 10.6. The molecule has 2 aromatic rings. The molecular formula is C23H26Cr2O6. The first-order chi connectivity index (χ1) is 14.9. The van der Waals surface area contributed by atoms with Crippen LogP contribution in [0.4, 0.5) is 9.59 Å². The molecule has 0 amide bonds. The van der Waals surface area contributed by atoms with Crippen molar-refractivity contribution in [1.29, 1.82) is 0 Å². The van der Waals surface area contributed by atoms with E-state index in [9.17, 15) is 9.59 Å². The fourth-order valence-electron chi connectivity index (χ4n) is 2.75. The Kier molecular flexibility index (Phi) is 10.2. The molecule has 8 heteroatoms. The Morgan fingerprint density at radius 2 is 1.06 bits per heavy atom. The van der Waals surface area contributed by atoms with Crippen LogP contribution in [0.2, 0.25) is 0 Å². The predicted octanol–water partition coefficient (Wildman–Crippen LogP) is 4.07. The van der Waals surface area contributed by atoms with Crippen LogP contribution in [0.3, 0.4) is 0 Å². The summed E-state index contributed by atoms with van der Waals surface area (Å²) in [7, 11) is 0. The minimum absolute atomic E-state index is 0.214. The SMILES string of the molecule is [CH2]=[Cr][C](=O)OCCOc1ccc(C(C)(C)c2ccc(OCCO[C](=O)[Cr]=[CH2])cc2)cc1. The van der Waals surface area contributed by atoms with Crippen LogP contribution in [0.25, 0.3) is 0 Å². The summed E-state index contributed by atoms with van der Waals surface area (Å²) in [6.45, 7) is 5.35. The molecule has 0 aromatic heterocycles.